The zero-order valence-corrected chi connectivity index (χ0v) is 13.8. The summed E-state index contributed by atoms with van der Waals surface area (Å²) >= 11 is 0. The Kier molecular flexibility index (Phi) is 3.93. The Bertz CT molecular complexity index is 949. The molecule has 2 aromatic heterocycles. The van der Waals surface area contributed by atoms with Gasteiger partial charge in [0.2, 0.25) is 11.8 Å². The van der Waals surface area contributed by atoms with Gasteiger partial charge < -0.3 is 14.5 Å². The van der Waals surface area contributed by atoms with Crippen molar-refractivity contribution >= 4 is 22.7 Å². The lowest BCUT2D eigenvalue weighted by molar-refractivity contribution is 0.395. The van der Waals surface area contributed by atoms with Gasteiger partial charge in [0.05, 0.1) is 30.4 Å². The lowest BCUT2D eigenvalue weighted by Gasteiger charge is -2.35. The van der Waals surface area contributed by atoms with E-state index < -0.39 is 0 Å². The van der Waals surface area contributed by atoms with E-state index in [-0.39, 0.29) is 5.56 Å². The van der Waals surface area contributed by atoms with Crippen LogP contribution in [0.5, 0.6) is 5.88 Å². The lowest BCUT2D eigenvalue weighted by Crippen LogP contribution is -2.47. The van der Waals surface area contributed by atoms with Crippen LogP contribution >= 0.6 is 0 Å². The van der Waals surface area contributed by atoms with Crippen LogP contribution in [0, 0.1) is 0 Å². The summed E-state index contributed by atoms with van der Waals surface area (Å²) in [5.74, 6) is 1.90. The SMILES string of the molecule is COc1cncc(N2CCN(c3nc4ccccc4c(=O)[nH]3)CC2)n1. The van der Waals surface area contributed by atoms with Gasteiger partial charge in [-0.15, -0.1) is 0 Å². The second kappa shape index (κ2) is 6.39. The minimum Gasteiger partial charge on any atom is -0.480 e. The molecule has 3 heterocycles. The molecule has 3 aromatic rings. The van der Waals surface area contributed by atoms with Crippen LogP contribution in [0.1, 0.15) is 0 Å². The highest BCUT2D eigenvalue weighted by Gasteiger charge is 2.20. The maximum atomic E-state index is 12.2. The molecule has 0 atom stereocenters. The van der Waals surface area contributed by atoms with Crippen molar-refractivity contribution in [3.63, 3.8) is 0 Å². The molecule has 0 saturated carbocycles. The third-order valence-corrected chi connectivity index (χ3v) is 4.31. The second-order valence-corrected chi connectivity index (χ2v) is 5.80. The number of nitrogens with zero attached hydrogens (tertiary/aromatic N) is 5. The first-order chi connectivity index (χ1) is 12.2. The second-order valence-electron chi connectivity index (χ2n) is 5.80. The van der Waals surface area contributed by atoms with Crippen LogP contribution in [-0.2, 0) is 0 Å². The van der Waals surface area contributed by atoms with Crippen LogP contribution in [0.15, 0.2) is 41.5 Å². The molecule has 1 saturated heterocycles. The van der Waals surface area contributed by atoms with Crippen molar-refractivity contribution in [1.82, 2.24) is 19.9 Å². The predicted octanol–water partition coefficient (Wildman–Crippen LogP) is 1.05. The van der Waals surface area contributed by atoms with E-state index >= 15 is 0 Å². The molecule has 4 rings (SSSR count). The smallest absolute Gasteiger partial charge is 0.260 e. The lowest BCUT2D eigenvalue weighted by atomic mass is 10.2. The van der Waals surface area contributed by atoms with Crippen LogP contribution in [0.3, 0.4) is 0 Å². The molecular weight excluding hydrogens is 320 g/mol. The molecule has 8 nitrogen and oxygen atoms in total. The first-order valence-electron chi connectivity index (χ1n) is 8.09. The Balaban J connectivity index is 1.53. The molecule has 1 aliphatic rings. The number of fused-ring (bicyclic) bond motifs is 1. The van der Waals surface area contributed by atoms with Gasteiger partial charge in [0.25, 0.3) is 5.56 Å². The zero-order valence-electron chi connectivity index (χ0n) is 13.8. The Morgan fingerprint density at radius 1 is 1.04 bits per heavy atom. The van der Waals surface area contributed by atoms with Gasteiger partial charge in [0.1, 0.15) is 0 Å². The molecule has 0 amide bonds. The summed E-state index contributed by atoms with van der Waals surface area (Å²) in [6, 6.07) is 7.37. The zero-order chi connectivity index (χ0) is 17.2. The Morgan fingerprint density at radius 3 is 2.60 bits per heavy atom. The standard InChI is InChI=1S/C17H18N6O2/c1-25-15-11-18-10-14(20-15)22-6-8-23(9-7-22)17-19-13-5-3-2-4-12(13)16(24)21-17/h2-5,10-11H,6-9H2,1H3,(H,19,21,24). The van der Waals surface area contributed by atoms with Crippen molar-refractivity contribution in [1.29, 1.82) is 0 Å². The van der Waals surface area contributed by atoms with Crippen molar-refractivity contribution in [3.8, 4) is 5.88 Å². The van der Waals surface area contributed by atoms with Crippen molar-refractivity contribution in [3.05, 3.63) is 47.0 Å². The fourth-order valence-electron chi connectivity index (χ4n) is 2.96. The molecule has 0 bridgehead atoms. The Hall–Kier alpha value is -3.16. The molecule has 1 fully saturated rings. The fraction of sp³-hybridized carbons (Fsp3) is 0.294. The molecule has 0 aliphatic carbocycles. The predicted molar refractivity (Wildman–Crippen MR) is 95.4 cm³/mol. The number of piperazine rings is 1. The topological polar surface area (TPSA) is 87.2 Å². The number of benzene rings is 1. The Labute approximate surface area is 144 Å². The number of nitrogens with one attached hydrogen (secondary N) is 1. The molecule has 0 unspecified atom stereocenters. The van der Waals surface area contributed by atoms with Crippen LogP contribution in [0.4, 0.5) is 11.8 Å². The normalized spacial score (nSPS) is 14.8. The molecular formula is C17H18N6O2. The van der Waals surface area contributed by atoms with Gasteiger partial charge >= 0.3 is 0 Å². The number of anilines is 2. The van der Waals surface area contributed by atoms with Crippen molar-refractivity contribution in [2.75, 3.05) is 43.1 Å². The highest BCUT2D eigenvalue weighted by molar-refractivity contribution is 5.78. The summed E-state index contributed by atoms with van der Waals surface area (Å²) in [5, 5.41) is 0.608. The number of aromatic amines is 1. The highest BCUT2D eigenvalue weighted by atomic mass is 16.5. The van der Waals surface area contributed by atoms with E-state index in [1.165, 1.54) is 0 Å². The van der Waals surface area contributed by atoms with E-state index in [0.717, 1.165) is 32.0 Å². The molecule has 0 radical (unpaired) electrons. The quantitative estimate of drug-likeness (QED) is 0.764. The van der Waals surface area contributed by atoms with Gasteiger partial charge in [-0.1, -0.05) is 12.1 Å². The van der Waals surface area contributed by atoms with Crippen LogP contribution in [0.2, 0.25) is 0 Å². The van der Waals surface area contributed by atoms with E-state index in [0.29, 0.717) is 22.7 Å². The van der Waals surface area contributed by atoms with E-state index in [1.54, 1.807) is 25.6 Å². The van der Waals surface area contributed by atoms with Crippen LogP contribution in [0.25, 0.3) is 10.9 Å². The number of ether oxygens (including phenoxy) is 1. The summed E-state index contributed by atoms with van der Waals surface area (Å²) < 4.78 is 5.13. The number of para-hydroxylation sites is 1. The summed E-state index contributed by atoms with van der Waals surface area (Å²) in [5.41, 5.74) is 0.601. The van der Waals surface area contributed by atoms with Crippen molar-refractivity contribution in [2.24, 2.45) is 0 Å². The summed E-state index contributed by atoms with van der Waals surface area (Å²) in [6.07, 6.45) is 3.32. The highest BCUT2D eigenvalue weighted by Crippen LogP contribution is 2.18. The number of rotatable bonds is 3. The maximum Gasteiger partial charge on any atom is 0.260 e. The number of hydrogen-bond donors (Lipinski definition) is 1. The van der Waals surface area contributed by atoms with E-state index in [2.05, 4.69) is 29.7 Å². The number of H-pyrrole nitrogens is 1. The van der Waals surface area contributed by atoms with Crippen molar-refractivity contribution in [2.45, 2.75) is 0 Å². The minimum atomic E-state index is -0.110. The molecule has 1 aliphatic heterocycles. The molecule has 128 valence electrons. The number of hydrogen-bond acceptors (Lipinski definition) is 7. The van der Waals surface area contributed by atoms with Gasteiger partial charge in [-0.3, -0.25) is 14.8 Å². The maximum absolute atomic E-state index is 12.2. The van der Waals surface area contributed by atoms with E-state index in [9.17, 15) is 4.79 Å². The van der Waals surface area contributed by atoms with Gasteiger partial charge in [-0.05, 0) is 12.1 Å². The van der Waals surface area contributed by atoms with Gasteiger partial charge in [-0.25, -0.2) is 4.98 Å². The fourth-order valence-corrected chi connectivity index (χ4v) is 2.96. The van der Waals surface area contributed by atoms with Gasteiger partial charge in [-0.2, -0.15) is 4.98 Å². The van der Waals surface area contributed by atoms with E-state index in [4.69, 9.17) is 4.74 Å². The molecule has 1 aromatic carbocycles. The molecule has 1 N–H and O–H groups in total. The third kappa shape index (κ3) is 2.98. The van der Waals surface area contributed by atoms with Gasteiger partial charge in [0, 0.05) is 26.2 Å². The Morgan fingerprint density at radius 2 is 1.80 bits per heavy atom. The summed E-state index contributed by atoms with van der Waals surface area (Å²) in [4.78, 5) is 32.5. The number of methoxy groups -OCH3 is 1. The third-order valence-electron chi connectivity index (χ3n) is 4.31. The molecule has 8 heteroatoms. The average molecular weight is 338 g/mol. The van der Waals surface area contributed by atoms with Crippen LogP contribution < -0.4 is 20.1 Å². The first kappa shape index (κ1) is 15.4. The van der Waals surface area contributed by atoms with Gasteiger partial charge in [0.15, 0.2) is 5.82 Å². The van der Waals surface area contributed by atoms with Crippen molar-refractivity contribution < 1.29 is 4.74 Å². The number of aromatic nitrogens is 4. The van der Waals surface area contributed by atoms with E-state index in [1.807, 2.05) is 18.2 Å². The molecule has 25 heavy (non-hydrogen) atoms. The average Bonchev–Trinajstić information content (AvgIpc) is 2.68. The summed E-state index contributed by atoms with van der Waals surface area (Å²) in [7, 11) is 1.58. The first-order valence-corrected chi connectivity index (χ1v) is 8.09. The monoisotopic (exact) mass is 338 g/mol. The summed E-state index contributed by atoms with van der Waals surface area (Å²) in [6.45, 7) is 3.00. The molecule has 0 spiro atoms. The largest absolute Gasteiger partial charge is 0.480 e. The minimum absolute atomic E-state index is 0.110. The van der Waals surface area contributed by atoms with Crippen LogP contribution in [-0.4, -0.2) is 53.2 Å².